The number of rotatable bonds is 11. The molecule has 0 spiro atoms. The highest BCUT2D eigenvalue weighted by Gasteiger charge is 2.18. The molecule has 0 fully saturated rings. The maximum absolute atomic E-state index is 12.7. The first-order valence-corrected chi connectivity index (χ1v) is 15.3. The predicted octanol–water partition coefficient (Wildman–Crippen LogP) is 7.20. The first-order chi connectivity index (χ1) is 22.5. The summed E-state index contributed by atoms with van der Waals surface area (Å²) < 4.78 is 16.8. The quantitative estimate of drug-likeness (QED) is 0.0419. The van der Waals surface area contributed by atoms with Gasteiger partial charge in [-0.15, -0.1) is 0 Å². The minimum Gasteiger partial charge on any atom is -0.478 e. The molecule has 0 atom stereocenters. The third-order valence-electron chi connectivity index (χ3n) is 6.14. The topological polar surface area (TPSA) is 162 Å². The molecule has 0 saturated heterocycles. The maximum Gasteiger partial charge on any atom is 0.349 e. The molecule has 0 heterocycles. The molecule has 0 amide bonds. The highest BCUT2D eigenvalue weighted by atomic mass is 35.5. The Morgan fingerprint density at radius 1 is 0.809 bits per heavy atom. The molecule has 0 radical (unpaired) electrons. The number of carbonyl (C=O) groups excluding carboxylic acids is 1. The van der Waals surface area contributed by atoms with Gasteiger partial charge >= 0.3 is 11.9 Å². The monoisotopic (exact) mass is 681 g/mol. The van der Waals surface area contributed by atoms with Crippen molar-refractivity contribution in [3.05, 3.63) is 106 Å². The van der Waals surface area contributed by atoms with E-state index >= 15 is 0 Å². The van der Waals surface area contributed by atoms with Gasteiger partial charge in [0.25, 0.3) is 6.02 Å². The van der Waals surface area contributed by atoms with Gasteiger partial charge in [-0.1, -0.05) is 47.5 Å². The van der Waals surface area contributed by atoms with Crippen LogP contribution in [0.3, 0.4) is 0 Å². The van der Waals surface area contributed by atoms with E-state index < -0.39 is 11.9 Å². The van der Waals surface area contributed by atoms with Crippen LogP contribution in [0.15, 0.2) is 89.9 Å². The Morgan fingerprint density at radius 2 is 1.32 bits per heavy atom. The van der Waals surface area contributed by atoms with Crippen LogP contribution in [-0.4, -0.2) is 61.7 Å². The second kappa shape index (κ2) is 18.2. The van der Waals surface area contributed by atoms with Gasteiger partial charge in [0, 0.05) is 23.1 Å². The van der Waals surface area contributed by atoms with Crippen LogP contribution in [0.4, 0.5) is 11.4 Å². The molecular weight excluding hydrogens is 645 g/mol. The minimum absolute atomic E-state index is 0.0758. The van der Waals surface area contributed by atoms with Gasteiger partial charge in [-0.2, -0.15) is 0 Å². The van der Waals surface area contributed by atoms with Gasteiger partial charge in [0.05, 0.1) is 11.4 Å². The number of anilines is 2. The number of hydrogen-bond acceptors (Lipinski definition) is 9. The Bertz CT molecular complexity index is 1700. The van der Waals surface area contributed by atoms with Crippen LogP contribution in [0.5, 0.6) is 23.0 Å². The van der Waals surface area contributed by atoms with Crippen molar-refractivity contribution < 1.29 is 28.9 Å². The molecule has 248 valence electrons. The zero-order chi connectivity index (χ0) is 34.3. The second-order valence-corrected chi connectivity index (χ2v) is 11.0. The number of carboxylic acids is 1. The van der Waals surface area contributed by atoms with Crippen molar-refractivity contribution in [2.24, 2.45) is 4.99 Å². The van der Waals surface area contributed by atoms with Crippen molar-refractivity contribution >= 4 is 52.5 Å². The van der Waals surface area contributed by atoms with Crippen LogP contribution >= 0.6 is 23.2 Å². The fourth-order valence-corrected chi connectivity index (χ4v) is 4.26. The summed E-state index contributed by atoms with van der Waals surface area (Å²) in [7, 11) is 4.00. The zero-order valence-electron chi connectivity index (χ0n) is 26.2. The van der Waals surface area contributed by atoms with E-state index in [1.165, 1.54) is 6.07 Å². The average molecular weight is 683 g/mol. The van der Waals surface area contributed by atoms with Crippen molar-refractivity contribution in [1.82, 2.24) is 10.2 Å². The van der Waals surface area contributed by atoms with Crippen molar-refractivity contribution in [2.75, 3.05) is 45.2 Å². The lowest BCUT2D eigenvalue weighted by Gasteiger charge is -2.13. The number of benzene rings is 4. The highest BCUT2D eigenvalue weighted by molar-refractivity contribution is 6.31. The predicted molar refractivity (Wildman–Crippen MR) is 186 cm³/mol. The number of para-hydroxylation sites is 2. The summed E-state index contributed by atoms with van der Waals surface area (Å²) in [4.78, 5) is 30.2. The molecule has 47 heavy (non-hydrogen) atoms. The van der Waals surface area contributed by atoms with Crippen LogP contribution in [0.1, 0.15) is 34.1 Å². The molecule has 0 saturated carbocycles. The van der Waals surface area contributed by atoms with E-state index in [9.17, 15) is 9.59 Å². The molecule has 0 aliphatic rings. The van der Waals surface area contributed by atoms with Gasteiger partial charge in [-0.05, 0) is 94.6 Å². The van der Waals surface area contributed by atoms with Crippen molar-refractivity contribution in [2.45, 2.75) is 13.3 Å². The van der Waals surface area contributed by atoms with Crippen LogP contribution in [0, 0.1) is 0 Å². The van der Waals surface area contributed by atoms with Crippen LogP contribution in [0.2, 0.25) is 10.0 Å². The smallest absolute Gasteiger partial charge is 0.349 e. The lowest BCUT2D eigenvalue weighted by atomic mass is 10.2. The molecular formula is C34H37Cl2N5O6. The lowest BCUT2D eigenvalue weighted by Crippen LogP contribution is -2.29. The maximum atomic E-state index is 12.7. The molecule has 13 heteroatoms. The summed E-state index contributed by atoms with van der Waals surface area (Å²) >= 11 is 11.7. The van der Waals surface area contributed by atoms with E-state index in [1.807, 2.05) is 21.0 Å². The molecule has 0 aliphatic carbocycles. The van der Waals surface area contributed by atoms with Gasteiger partial charge in [0.2, 0.25) is 0 Å². The number of esters is 1. The van der Waals surface area contributed by atoms with E-state index in [-0.39, 0.29) is 22.9 Å². The number of hydrogen-bond donors (Lipinski definition) is 4. The number of nitrogen functional groups attached to an aromatic ring is 2. The van der Waals surface area contributed by atoms with Crippen LogP contribution in [-0.2, 0) is 4.74 Å². The first-order valence-electron chi connectivity index (χ1n) is 14.5. The molecule has 6 N–H and O–H groups in total. The molecule has 4 aromatic carbocycles. The summed E-state index contributed by atoms with van der Waals surface area (Å²) in [6.07, 6.45) is 0.856. The van der Waals surface area contributed by atoms with E-state index in [0.717, 1.165) is 13.0 Å². The Kier molecular flexibility index (Phi) is 14.2. The number of nitrogens with zero attached hydrogens (tertiary/aromatic N) is 2. The Labute approximate surface area is 283 Å². The Hall–Kier alpha value is -4.97. The van der Waals surface area contributed by atoms with Gasteiger partial charge < -0.3 is 41.0 Å². The second-order valence-electron chi connectivity index (χ2n) is 10.1. The third kappa shape index (κ3) is 11.7. The largest absolute Gasteiger partial charge is 0.478 e. The van der Waals surface area contributed by atoms with Gasteiger partial charge in [0.1, 0.15) is 34.1 Å². The minimum atomic E-state index is -1.06. The summed E-state index contributed by atoms with van der Waals surface area (Å²) in [5.74, 6) is -0.292. The first kappa shape index (κ1) is 36.5. The van der Waals surface area contributed by atoms with Crippen LogP contribution < -0.4 is 26.3 Å². The summed E-state index contributed by atoms with van der Waals surface area (Å²) in [6, 6.07) is 23.0. The lowest BCUT2D eigenvalue weighted by molar-refractivity contribution is 0.0687. The van der Waals surface area contributed by atoms with E-state index in [4.69, 9.17) is 54.0 Å². The van der Waals surface area contributed by atoms with E-state index in [1.54, 1.807) is 78.9 Å². The summed E-state index contributed by atoms with van der Waals surface area (Å²) in [5, 5.41) is 13.0. The Morgan fingerprint density at radius 3 is 1.81 bits per heavy atom. The van der Waals surface area contributed by atoms with E-state index in [2.05, 4.69) is 15.2 Å². The standard InChI is InChI=1S/C21H27ClN4O3.C13H10ClNO3/c1-4-24-21(25-12-7-13-26(2)3)29-20(27)16-8-5-6-9-18(16)28-19-11-10-15(22)14-17(19)23;14-8-5-6-12(10(15)7-8)18-11-4-2-1-3-9(11)13(16)17/h5-6,8-11,14H,4,7,12-13,23H2,1-3H3,(H,24,25);1-7H,15H2,(H,16,17). The number of nitrogens with one attached hydrogen (secondary N) is 1. The fraction of sp³-hybridized carbons (Fsp3) is 0.206. The van der Waals surface area contributed by atoms with Crippen LogP contribution in [0.25, 0.3) is 0 Å². The highest BCUT2D eigenvalue weighted by Crippen LogP contribution is 2.33. The molecule has 4 rings (SSSR count). The average Bonchev–Trinajstić information content (AvgIpc) is 3.02. The van der Waals surface area contributed by atoms with E-state index in [0.29, 0.717) is 51.8 Å². The number of aliphatic imine (C=N–C) groups is 1. The molecule has 11 nitrogen and oxygen atoms in total. The van der Waals surface area contributed by atoms with Gasteiger partial charge in [-0.25, -0.2) is 14.6 Å². The SMILES string of the molecule is CCNC(=NCCCN(C)C)OC(=O)c1ccccc1Oc1ccc(Cl)cc1N.Nc1cc(Cl)ccc1Oc1ccccc1C(=O)O. The third-order valence-corrected chi connectivity index (χ3v) is 6.61. The molecule has 0 aromatic heterocycles. The fourth-order valence-electron chi connectivity index (χ4n) is 3.90. The molecule has 0 bridgehead atoms. The molecule has 0 aliphatic heterocycles. The van der Waals surface area contributed by atoms with Gasteiger partial charge in [0.15, 0.2) is 0 Å². The van der Waals surface area contributed by atoms with Gasteiger partial charge in [-0.3, -0.25) is 0 Å². The number of carboxylic acid groups (broad SMARTS) is 1. The summed E-state index contributed by atoms with van der Waals surface area (Å²) in [6.45, 7) is 3.94. The molecule has 4 aromatic rings. The number of amidine groups is 1. The molecule has 0 unspecified atom stereocenters. The van der Waals surface area contributed by atoms with Crippen molar-refractivity contribution in [3.63, 3.8) is 0 Å². The number of ether oxygens (including phenoxy) is 3. The number of carbonyl (C=O) groups is 2. The normalized spacial score (nSPS) is 10.9. The number of aromatic carboxylic acids is 1. The summed E-state index contributed by atoms with van der Waals surface area (Å²) in [5.41, 5.74) is 12.7. The van der Waals surface area contributed by atoms with Crippen molar-refractivity contribution in [1.29, 1.82) is 0 Å². The Balaban J connectivity index is 0.000000284. The number of nitrogens with two attached hydrogens (primary N) is 2. The zero-order valence-corrected chi connectivity index (χ0v) is 27.7. The number of halogens is 2. The van der Waals surface area contributed by atoms with Crippen molar-refractivity contribution in [3.8, 4) is 23.0 Å².